The second-order valence-corrected chi connectivity index (χ2v) is 5.69. The summed E-state index contributed by atoms with van der Waals surface area (Å²) in [6.45, 7) is 7.36. The second kappa shape index (κ2) is 8.42. The van der Waals surface area contributed by atoms with Gasteiger partial charge in [0.05, 0.1) is 0 Å². The molecule has 0 aliphatic carbocycles. The summed E-state index contributed by atoms with van der Waals surface area (Å²) in [5.41, 5.74) is 1.31. The van der Waals surface area contributed by atoms with Gasteiger partial charge in [-0.1, -0.05) is 32.9 Å². The van der Waals surface area contributed by atoms with Gasteiger partial charge in [-0.15, -0.1) is 0 Å². The highest BCUT2D eigenvalue weighted by Gasteiger charge is 2.10. The lowest BCUT2D eigenvalue weighted by Crippen LogP contribution is -2.23. The number of ether oxygens (including phenoxy) is 1. The van der Waals surface area contributed by atoms with E-state index >= 15 is 0 Å². The Morgan fingerprint density at radius 1 is 1.17 bits per heavy atom. The number of benzene rings is 1. The lowest BCUT2D eigenvalue weighted by molar-refractivity contribution is 0.0922. The van der Waals surface area contributed by atoms with Crippen LogP contribution < -0.4 is 10.1 Å². The minimum Gasteiger partial charge on any atom is -0.486 e. The number of furan rings is 1. The molecular formula is C19H25NO3. The van der Waals surface area contributed by atoms with E-state index in [4.69, 9.17) is 9.15 Å². The predicted molar refractivity (Wildman–Crippen MR) is 90.8 cm³/mol. The van der Waals surface area contributed by atoms with Crippen molar-refractivity contribution < 1.29 is 13.9 Å². The molecule has 2 aromatic rings. The predicted octanol–water partition coefficient (Wildman–Crippen LogP) is 4.51. The molecule has 1 atom stereocenters. The molecule has 0 spiro atoms. The lowest BCUT2D eigenvalue weighted by Gasteiger charge is -2.10. The Labute approximate surface area is 137 Å². The summed E-state index contributed by atoms with van der Waals surface area (Å²) in [6, 6.07) is 11.6. The third kappa shape index (κ3) is 4.88. The zero-order valence-corrected chi connectivity index (χ0v) is 14.1. The lowest BCUT2D eigenvalue weighted by atomic mass is 9.99. The quantitative estimate of drug-likeness (QED) is 0.779. The van der Waals surface area contributed by atoms with Crippen LogP contribution in [0.1, 0.15) is 61.4 Å². The molecule has 0 saturated heterocycles. The molecule has 1 aromatic carbocycles. The first-order chi connectivity index (χ1) is 11.1. The smallest absolute Gasteiger partial charge is 0.286 e. The number of carbonyl (C=O) groups excluding carboxylic acids is 1. The minimum absolute atomic E-state index is 0.184. The molecule has 1 unspecified atom stereocenters. The summed E-state index contributed by atoms with van der Waals surface area (Å²) in [4.78, 5) is 11.8. The highest BCUT2D eigenvalue weighted by atomic mass is 16.5. The summed E-state index contributed by atoms with van der Waals surface area (Å²) in [6.07, 6.45) is 2.02. The van der Waals surface area contributed by atoms with Crippen LogP contribution in [0.4, 0.5) is 0 Å². The molecule has 4 heteroatoms. The van der Waals surface area contributed by atoms with E-state index in [0.29, 0.717) is 30.6 Å². The molecule has 0 bridgehead atoms. The number of amides is 1. The van der Waals surface area contributed by atoms with Crippen LogP contribution in [0, 0.1) is 0 Å². The van der Waals surface area contributed by atoms with Crippen LogP contribution in [0.25, 0.3) is 0 Å². The maximum Gasteiger partial charge on any atom is 0.286 e. The molecule has 1 amide bonds. The van der Waals surface area contributed by atoms with Crippen LogP contribution in [0.2, 0.25) is 0 Å². The third-order valence-corrected chi connectivity index (χ3v) is 3.86. The monoisotopic (exact) mass is 315 g/mol. The van der Waals surface area contributed by atoms with Gasteiger partial charge in [-0.05, 0) is 48.6 Å². The van der Waals surface area contributed by atoms with Gasteiger partial charge in [0.2, 0.25) is 0 Å². The Kier molecular flexibility index (Phi) is 6.27. The van der Waals surface area contributed by atoms with Crippen LogP contribution in [-0.4, -0.2) is 12.5 Å². The average molecular weight is 315 g/mol. The van der Waals surface area contributed by atoms with Gasteiger partial charge in [0.15, 0.2) is 5.76 Å². The molecule has 23 heavy (non-hydrogen) atoms. The zero-order valence-electron chi connectivity index (χ0n) is 14.1. The molecule has 0 fully saturated rings. The van der Waals surface area contributed by atoms with Crippen molar-refractivity contribution in [1.29, 1.82) is 0 Å². The topological polar surface area (TPSA) is 51.5 Å². The van der Waals surface area contributed by atoms with Crippen LogP contribution >= 0.6 is 0 Å². The molecule has 4 nitrogen and oxygen atoms in total. The summed E-state index contributed by atoms with van der Waals surface area (Å²) in [5, 5.41) is 2.78. The molecule has 0 saturated carbocycles. The fourth-order valence-electron chi connectivity index (χ4n) is 2.19. The van der Waals surface area contributed by atoms with Crippen molar-refractivity contribution in [2.75, 3.05) is 6.54 Å². The summed E-state index contributed by atoms with van der Waals surface area (Å²) < 4.78 is 11.2. The first kappa shape index (κ1) is 17.1. The first-order valence-corrected chi connectivity index (χ1v) is 8.23. The molecule has 1 aromatic heterocycles. The molecule has 0 radical (unpaired) electrons. The number of hydrogen-bond acceptors (Lipinski definition) is 3. The Bertz CT molecular complexity index is 616. The standard InChI is InChI=1S/C19H25NO3/c1-4-12-20-19(21)18-11-10-17(23-18)13-22-16-8-6-15(7-9-16)14(3)5-2/h6-11,14H,4-5,12-13H2,1-3H3,(H,20,21). The molecule has 1 N–H and O–H groups in total. The Morgan fingerprint density at radius 3 is 2.57 bits per heavy atom. The average Bonchev–Trinajstić information content (AvgIpc) is 3.06. The van der Waals surface area contributed by atoms with E-state index in [2.05, 4.69) is 31.3 Å². The highest BCUT2D eigenvalue weighted by Crippen LogP contribution is 2.22. The summed E-state index contributed by atoms with van der Waals surface area (Å²) in [7, 11) is 0. The van der Waals surface area contributed by atoms with E-state index in [0.717, 1.165) is 18.6 Å². The molecule has 2 rings (SSSR count). The van der Waals surface area contributed by atoms with Gasteiger partial charge in [-0.3, -0.25) is 4.79 Å². The fourth-order valence-corrected chi connectivity index (χ4v) is 2.19. The number of rotatable bonds is 8. The van der Waals surface area contributed by atoms with Crippen molar-refractivity contribution in [3.05, 3.63) is 53.5 Å². The molecule has 1 heterocycles. The van der Waals surface area contributed by atoms with E-state index in [9.17, 15) is 4.79 Å². The van der Waals surface area contributed by atoms with E-state index < -0.39 is 0 Å². The van der Waals surface area contributed by atoms with Crippen LogP contribution in [0.5, 0.6) is 5.75 Å². The molecule has 0 aliphatic heterocycles. The highest BCUT2D eigenvalue weighted by molar-refractivity contribution is 5.91. The van der Waals surface area contributed by atoms with Crippen molar-refractivity contribution >= 4 is 5.91 Å². The summed E-state index contributed by atoms with van der Waals surface area (Å²) in [5.74, 6) is 2.13. The number of carbonyl (C=O) groups is 1. The van der Waals surface area contributed by atoms with Gasteiger partial charge >= 0.3 is 0 Å². The largest absolute Gasteiger partial charge is 0.486 e. The van der Waals surface area contributed by atoms with Crippen molar-refractivity contribution in [3.8, 4) is 5.75 Å². The number of nitrogens with one attached hydrogen (secondary N) is 1. The zero-order chi connectivity index (χ0) is 16.7. The van der Waals surface area contributed by atoms with Crippen molar-refractivity contribution in [1.82, 2.24) is 5.32 Å². The van der Waals surface area contributed by atoms with Crippen molar-refractivity contribution in [2.45, 2.75) is 46.1 Å². The normalized spacial score (nSPS) is 12.0. The van der Waals surface area contributed by atoms with E-state index in [1.54, 1.807) is 12.1 Å². The van der Waals surface area contributed by atoms with E-state index in [1.807, 2.05) is 19.1 Å². The van der Waals surface area contributed by atoms with E-state index in [-0.39, 0.29) is 5.91 Å². The van der Waals surface area contributed by atoms with Crippen LogP contribution in [-0.2, 0) is 6.61 Å². The Hall–Kier alpha value is -2.23. The maximum atomic E-state index is 11.8. The number of hydrogen-bond donors (Lipinski definition) is 1. The SMILES string of the molecule is CCCNC(=O)c1ccc(COc2ccc(C(C)CC)cc2)o1. The first-order valence-electron chi connectivity index (χ1n) is 8.23. The maximum absolute atomic E-state index is 11.8. The van der Waals surface area contributed by atoms with Gasteiger partial charge < -0.3 is 14.5 Å². The third-order valence-electron chi connectivity index (χ3n) is 3.86. The van der Waals surface area contributed by atoms with Gasteiger partial charge in [-0.25, -0.2) is 0 Å². The Balaban J connectivity index is 1.88. The molecule has 124 valence electrons. The summed E-state index contributed by atoms with van der Waals surface area (Å²) >= 11 is 0. The van der Waals surface area contributed by atoms with Gasteiger partial charge in [0.1, 0.15) is 18.1 Å². The van der Waals surface area contributed by atoms with Crippen LogP contribution in [0.3, 0.4) is 0 Å². The van der Waals surface area contributed by atoms with Crippen molar-refractivity contribution in [3.63, 3.8) is 0 Å². The molecule has 0 aliphatic rings. The van der Waals surface area contributed by atoms with Crippen molar-refractivity contribution in [2.24, 2.45) is 0 Å². The second-order valence-electron chi connectivity index (χ2n) is 5.69. The Morgan fingerprint density at radius 2 is 1.91 bits per heavy atom. The van der Waals surface area contributed by atoms with E-state index in [1.165, 1.54) is 5.56 Å². The minimum atomic E-state index is -0.184. The fraction of sp³-hybridized carbons (Fsp3) is 0.421. The van der Waals surface area contributed by atoms with Gasteiger partial charge in [0, 0.05) is 6.54 Å². The van der Waals surface area contributed by atoms with Crippen LogP contribution in [0.15, 0.2) is 40.8 Å². The van der Waals surface area contributed by atoms with Gasteiger partial charge in [-0.2, -0.15) is 0 Å². The van der Waals surface area contributed by atoms with Gasteiger partial charge in [0.25, 0.3) is 5.91 Å². The molecular weight excluding hydrogens is 290 g/mol.